The Hall–Kier alpha value is -1.82. The molecule has 0 bridgehead atoms. The van der Waals surface area contributed by atoms with Crippen molar-refractivity contribution in [2.24, 2.45) is 0 Å². The number of hydrogen-bond acceptors (Lipinski definition) is 4. The average Bonchev–Trinajstić information content (AvgIpc) is 2.60. The van der Waals surface area contributed by atoms with E-state index in [2.05, 4.69) is 10.2 Å². The predicted octanol–water partition coefficient (Wildman–Crippen LogP) is 4.11. The van der Waals surface area contributed by atoms with Crippen LogP contribution in [0.2, 0.25) is 5.02 Å². The van der Waals surface area contributed by atoms with Crippen LogP contribution in [0.3, 0.4) is 0 Å². The van der Waals surface area contributed by atoms with Gasteiger partial charge in [-0.2, -0.15) is 0 Å². The minimum atomic E-state index is -0.293. The van der Waals surface area contributed by atoms with Crippen LogP contribution < -0.4 is 14.8 Å². The Morgan fingerprint density at radius 2 is 1.81 bits per heavy atom. The summed E-state index contributed by atoms with van der Waals surface area (Å²) in [5.74, 6) is 0.827. The van der Waals surface area contributed by atoms with E-state index in [0.717, 1.165) is 18.7 Å². The Morgan fingerprint density at radius 1 is 1.08 bits per heavy atom. The van der Waals surface area contributed by atoms with Gasteiger partial charge in [-0.05, 0) is 38.7 Å². The Balaban J connectivity index is 2.08. The summed E-state index contributed by atoms with van der Waals surface area (Å²) in [7, 11) is 4.06. The lowest BCUT2D eigenvalue weighted by atomic mass is 10.2. The van der Waals surface area contributed by atoms with Gasteiger partial charge >= 0.3 is 0 Å². The van der Waals surface area contributed by atoms with Crippen LogP contribution in [0, 0.1) is 5.82 Å². The second kappa shape index (κ2) is 10.4. The molecule has 0 aliphatic rings. The second-order valence-corrected chi connectivity index (χ2v) is 6.59. The normalized spacial score (nSPS) is 11.0. The van der Waals surface area contributed by atoms with Crippen molar-refractivity contribution in [3.05, 3.63) is 58.4 Å². The molecule has 0 fully saturated rings. The molecule has 0 saturated carbocycles. The maximum Gasteiger partial charge on any atom is 0.163 e. The fourth-order valence-corrected chi connectivity index (χ4v) is 2.61. The smallest absolute Gasteiger partial charge is 0.163 e. The molecule has 2 rings (SSSR count). The van der Waals surface area contributed by atoms with Gasteiger partial charge in [0.2, 0.25) is 0 Å². The first-order chi connectivity index (χ1) is 12.5. The van der Waals surface area contributed by atoms with E-state index < -0.39 is 0 Å². The van der Waals surface area contributed by atoms with Crippen molar-refractivity contribution in [2.45, 2.75) is 20.1 Å². The predicted molar refractivity (Wildman–Crippen MR) is 104 cm³/mol. The maximum atomic E-state index is 13.8. The third-order valence-corrected chi connectivity index (χ3v) is 4.16. The molecule has 0 aliphatic heterocycles. The van der Waals surface area contributed by atoms with Gasteiger partial charge in [-0.25, -0.2) is 4.39 Å². The van der Waals surface area contributed by atoms with Crippen LogP contribution in [-0.2, 0) is 13.2 Å². The van der Waals surface area contributed by atoms with Gasteiger partial charge in [-0.15, -0.1) is 0 Å². The van der Waals surface area contributed by atoms with Crippen molar-refractivity contribution in [1.82, 2.24) is 10.2 Å². The van der Waals surface area contributed by atoms with Crippen LogP contribution in [-0.4, -0.2) is 38.7 Å². The summed E-state index contributed by atoms with van der Waals surface area (Å²) in [6, 6.07) is 10.2. The first kappa shape index (κ1) is 20.5. The molecular formula is C20H26ClFN2O2. The van der Waals surface area contributed by atoms with Crippen LogP contribution in [0.5, 0.6) is 11.5 Å². The largest absolute Gasteiger partial charge is 0.490 e. The van der Waals surface area contributed by atoms with Crippen molar-refractivity contribution in [1.29, 1.82) is 0 Å². The molecule has 0 amide bonds. The van der Waals surface area contributed by atoms with E-state index in [1.54, 1.807) is 24.3 Å². The highest BCUT2D eigenvalue weighted by Crippen LogP contribution is 2.34. The number of halogens is 2. The van der Waals surface area contributed by atoms with Gasteiger partial charge in [0.25, 0.3) is 0 Å². The molecule has 0 spiro atoms. The van der Waals surface area contributed by atoms with E-state index in [-0.39, 0.29) is 12.4 Å². The zero-order chi connectivity index (χ0) is 18.9. The Kier molecular flexibility index (Phi) is 8.16. The van der Waals surface area contributed by atoms with Gasteiger partial charge < -0.3 is 19.7 Å². The van der Waals surface area contributed by atoms with Gasteiger partial charge in [0, 0.05) is 36.3 Å². The highest BCUT2D eigenvalue weighted by molar-refractivity contribution is 6.31. The summed E-state index contributed by atoms with van der Waals surface area (Å²) in [4.78, 5) is 2.11. The SMILES string of the molecule is CCOc1cc(CNCCN(C)C)c(Cl)cc1OCc1ccccc1F. The lowest BCUT2D eigenvalue weighted by Crippen LogP contribution is -2.26. The topological polar surface area (TPSA) is 33.7 Å². The van der Waals surface area contributed by atoms with Crippen molar-refractivity contribution in [3.8, 4) is 11.5 Å². The zero-order valence-corrected chi connectivity index (χ0v) is 16.3. The third-order valence-electron chi connectivity index (χ3n) is 3.80. The summed E-state index contributed by atoms with van der Waals surface area (Å²) < 4.78 is 25.2. The van der Waals surface area contributed by atoms with Crippen LogP contribution in [0.15, 0.2) is 36.4 Å². The van der Waals surface area contributed by atoms with Gasteiger partial charge in [-0.1, -0.05) is 29.8 Å². The Morgan fingerprint density at radius 3 is 2.50 bits per heavy atom. The number of nitrogens with one attached hydrogen (secondary N) is 1. The Labute approximate surface area is 159 Å². The lowest BCUT2D eigenvalue weighted by Gasteiger charge is -2.16. The number of rotatable bonds is 10. The maximum absolute atomic E-state index is 13.8. The molecule has 0 unspecified atom stereocenters. The molecule has 6 heteroatoms. The van der Waals surface area contributed by atoms with Gasteiger partial charge in [0.1, 0.15) is 12.4 Å². The van der Waals surface area contributed by atoms with E-state index >= 15 is 0 Å². The van der Waals surface area contributed by atoms with Crippen molar-refractivity contribution in [3.63, 3.8) is 0 Å². The third kappa shape index (κ3) is 6.16. The summed E-state index contributed by atoms with van der Waals surface area (Å²) in [6.07, 6.45) is 0. The van der Waals surface area contributed by atoms with E-state index in [1.807, 2.05) is 27.1 Å². The minimum absolute atomic E-state index is 0.115. The average molecular weight is 381 g/mol. The molecule has 4 nitrogen and oxygen atoms in total. The number of benzene rings is 2. The molecule has 0 saturated heterocycles. The number of ether oxygens (including phenoxy) is 2. The molecule has 2 aromatic rings. The lowest BCUT2D eigenvalue weighted by molar-refractivity contribution is 0.265. The van der Waals surface area contributed by atoms with E-state index in [9.17, 15) is 4.39 Å². The first-order valence-electron chi connectivity index (χ1n) is 8.68. The zero-order valence-electron chi connectivity index (χ0n) is 15.5. The van der Waals surface area contributed by atoms with E-state index in [0.29, 0.717) is 35.2 Å². The summed E-state index contributed by atoms with van der Waals surface area (Å²) >= 11 is 6.40. The standard InChI is InChI=1S/C20H26ClFN2O2/c1-4-25-19-11-16(13-23-9-10-24(2)3)17(21)12-20(19)26-14-15-7-5-6-8-18(15)22/h5-8,11-12,23H,4,9-10,13-14H2,1-3H3. The molecule has 0 aromatic heterocycles. The molecule has 0 atom stereocenters. The quantitative estimate of drug-likeness (QED) is 0.629. The molecule has 142 valence electrons. The number of likely N-dealkylation sites (N-methyl/N-ethyl adjacent to an activating group) is 1. The molecule has 0 aliphatic carbocycles. The molecule has 0 radical (unpaired) electrons. The highest BCUT2D eigenvalue weighted by Gasteiger charge is 2.12. The molecule has 0 heterocycles. The van der Waals surface area contributed by atoms with Crippen LogP contribution in [0.4, 0.5) is 4.39 Å². The van der Waals surface area contributed by atoms with Gasteiger partial charge in [0.15, 0.2) is 11.5 Å². The second-order valence-electron chi connectivity index (χ2n) is 6.18. The fraction of sp³-hybridized carbons (Fsp3) is 0.400. The number of nitrogens with zero attached hydrogens (tertiary/aromatic N) is 1. The van der Waals surface area contributed by atoms with Crippen LogP contribution >= 0.6 is 11.6 Å². The van der Waals surface area contributed by atoms with Gasteiger partial charge in [-0.3, -0.25) is 0 Å². The monoisotopic (exact) mass is 380 g/mol. The highest BCUT2D eigenvalue weighted by atomic mass is 35.5. The van der Waals surface area contributed by atoms with Gasteiger partial charge in [0.05, 0.1) is 6.61 Å². The van der Waals surface area contributed by atoms with Crippen LogP contribution in [0.1, 0.15) is 18.1 Å². The van der Waals surface area contributed by atoms with E-state index in [1.165, 1.54) is 6.07 Å². The summed E-state index contributed by atoms with van der Waals surface area (Å²) in [5, 5.41) is 3.95. The molecular weight excluding hydrogens is 355 g/mol. The van der Waals surface area contributed by atoms with Crippen molar-refractivity contribution in [2.75, 3.05) is 33.8 Å². The minimum Gasteiger partial charge on any atom is -0.490 e. The first-order valence-corrected chi connectivity index (χ1v) is 9.06. The van der Waals surface area contributed by atoms with Crippen molar-refractivity contribution >= 4 is 11.6 Å². The Bertz CT molecular complexity index is 710. The van der Waals surface area contributed by atoms with E-state index in [4.69, 9.17) is 21.1 Å². The fourth-order valence-electron chi connectivity index (χ4n) is 2.39. The number of hydrogen-bond donors (Lipinski definition) is 1. The summed E-state index contributed by atoms with van der Waals surface area (Å²) in [6.45, 7) is 4.97. The van der Waals surface area contributed by atoms with Crippen molar-refractivity contribution < 1.29 is 13.9 Å². The molecule has 1 N–H and O–H groups in total. The van der Waals surface area contributed by atoms with Crippen LogP contribution in [0.25, 0.3) is 0 Å². The molecule has 2 aromatic carbocycles. The molecule has 26 heavy (non-hydrogen) atoms. The summed E-state index contributed by atoms with van der Waals surface area (Å²) in [5.41, 5.74) is 1.42.